The zero-order valence-corrected chi connectivity index (χ0v) is 22.9. The Morgan fingerprint density at radius 1 is 0.923 bits per heavy atom. The van der Waals surface area contributed by atoms with Crippen molar-refractivity contribution < 1.29 is 23.9 Å². The van der Waals surface area contributed by atoms with Gasteiger partial charge in [-0.25, -0.2) is 9.59 Å². The monoisotopic (exact) mass is 526 g/mol. The fourth-order valence-electron chi connectivity index (χ4n) is 5.48. The topological polar surface area (TPSA) is 76.2 Å². The molecule has 5 rings (SSSR count). The van der Waals surface area contributed by atoms with Crippen LogP contribution >= 0.6 is 0 Å². The number of fused-ring (bicyclic) bond motifs is 3. The second kappa shape index (κ2) is 10.6. The van der Waals surface area contributed by atoms with Crippen LogP contribution in [0.2, 0.25) is 0 Å². The molecule has 0 N–H and O–H groups in total. The summed E-state index contributed by atoms with van der Waals surface area (Å²) in [5.74, 6) is -0.440. The zero-order valence-electron chi connectivity index (χ0n) is 22.9. The van der Waals surface area contributed by atoms with Crippen LogP contribution < -0.4 is 4.90 Å². The summed E-state index contributed by atoms with van der Waals surface area (Å²) in [6, 6.07) is 19.9. The molecular formula is C32H34N2O5. The van der Waals surface area contributed by atoms with E-state index >= 15 is 0 Å². The highest BCUT2D eigenvalue weighted by Gasteiger charge is 2.31. The van der Waals surface area contributed by atoms with Crippen molar-refractivity contribution in [2.24, 2.45) is 0 Å². The van der Waals surface area contributed by atoms with Crippen LogP contribution in [0, 0.1) is 6.92 Å². The number of aldehydes is 1. The predicted molar refractivity (Wildman–Crippen MR) is 151 cm³/mol. The van der Waals surface area contributed by atoms with Crippen LogP contribution in [-0.4, -0.2) is 61.6 Å². The molecule has 3 aromatic carbocycles. The van der Waals surface area contributed by atoms with Gasteiger partial charge in [-0.05, 0) is 67.6 Å². The molecule has 7 nitrogen and oxygen atoms in total. The van der Waals surface area contributed by atoms with E-state index in [1.807, 2.05) is 52.0 Å². The maximum absolute atomic E-state index is 13.0. The Kier molecular flexibility index (Phi) is 7.17. The molecule has 0 radical (unpaired) electrons. The van der Waals surface area contributed by atoms with E-state index in [4.69, 9.17) is 9.47 Å². The Labute approximate surface area is 229 Å². The van der Waals surface area contributed by atoms with E-state index in [0.717, 1.165) is 17.5 Å². The van der Waals surface area contributed by atoms with Crippen LogP contribution in [-0.2, 0) is 9.47 Å². The lowest BCUT2D eigenvalue weighted by molar-refractivity contribution is 0.00686. The van der Waals surface area contributed by atoms with E-state index in [9.17, 15) is 14.4 Å². The van der Waals surface area contributed by atoms with Gasteiger partial charge in [-0.15, -0.1) is 0 Å². The number of nitrogens with zero attached hydrogens (tertiary/aromatic N) is 2. The van der Waals surface area contributed by atoms with Crippen molar-refractivity contribution >= 4 is 24.0 Å². The molecule has 1 aliphatic carbocycles. The first-order chi connectivity index (χ1) is 18.7. The van der Waals surface area contributed by atoms with E-state index in [1.165, 1.54) is 22.3 Å². The number of hydrogen-bond acceptors (Lipinski definition) is 6. The molecule has 0 unspecified atom stereocenters. The molecule has 202 valence electrons. The van der Waals surface area contributed by atoms with Crippen molar-refractivity contribution in [2.75, 3.05) is 37.7 Å². The van der Waals surface area contributed by atoms with Crippen molar-refractivity contribution in [3.63, 3.8) is 0 Å². The smallest absolute Gasteiger partial charge is 0.409 e. The molecule has 1 saturated heterocycles. The molecule has 3 aromatic rings. The second-order valence-corrected chi connectivity index (χ2v) is 11.1. The van der Waals surface area contributed by atoms with Crippen LogP contribution in [0.3, 0.4) is 0 Å². The number of esters is 1. The third kappa shape index (κ3) is 5.39. The van der Waals surface area contributed by atoms with Gasteiger partial charge >= 0.3 is 12.1 Å². The van der Waals surface area contributed by atoms with Crippen molar-refractivity contribution in [1.82, 2.24) is 4.90 Å². The number of hydrogen-bond donors (Lipinski definition) is 0. The zero-order chi connectivity index (χ0) is 27.7. The predicted octanol–water partition coefficient (Wildman–Crippen LogP) is 5.83. The molecule has 0 saturated carbocycles. The lowest BCUT2D eigenvalue weighted by Crippen LogP contribution is -2.49. The van der Waals surface area contributed by atoms with Gasteiger partial charge in [0.2, 0.25) is 0 Å². The quantitative estimate of drug-likeness (QED) is 0.307. The van der Waals surface area contributed by atoms with Crippen LogP contribution in [0.15, 0.2) is 60.7 Å². The number of amides is 1. The van der Waals surface area contributed by atoms with E-state index in [2.05, 4.69) is 29.2 Å². The summed E-state index contributed by atoms with van der Waals surface area (Å²) in [5, 5.41) is 0. The Balaban J connectivity index is 1.25. The molecule has 0 atom stereocenters. The van der Waals surface area contributed by atoms with Crippen LogP contribution in [0.4, 0.5) is 10.5 Å². The summed E-state index contributed by atoms with van der Waals surface area (Å²) in [7, 11) is 0. The number of piperazine rings is 1. The Morgan fingerprint density at radius 2 is 1.51 bits per heavy atom. The van der Waals surface area contributed by atoms with E-state index < -0.39 is 11.6 Å². The second-order valence-electron chi connectivity index (χ2n) is 11.1. The summed E-state index contributed by atoms with van der Waals surface area (Å²) in [5.41, 5.74) is 6.46. The fourth-order valence-corrected chi connectivity index (χ4v) is 5.48. The van der Waals surface area contributed by atoms with Crippen molar-refractivity contribution in [3.8, 4) is 11.1 Å². The molecule has 0 aromatic heterocycles. The average molecular weight is 527 g/mol. The lowest BCUT2D eigenvalue weighted by atomic mass is 9.98. The van der Waals surface area contributed by atoms with Gasteiger partial charge in [0, 0.05) is 43.3 Å². The third-order valence-electron chi connectivity index (χ3n) is 7.37. The molecular weight excluding hydrogens is 492 g/mol. The summed E-state index contributed by atoms with van der Waals surface area (Å²) >= 11 is 0. The molecule has 2 aliphatic rings. The third-order valence-corrected chi connectivity index (χ3v) is 7.37. The summed E-state index contributed by atoms with van der Waals surface area (Å²) in [6.45, 7) is 9.65. The summed E-state index contributed by atoms with van der Waals surface area (Å²) in [6.07, 6.45) is 0.410. The van der Waals surface area contributed by atoms with E-state index in [-0.39, 0.29) is 18.6 Å². The molecule has 1 aliphatic heterocycles. The summed E-state index contributed by atoms with van der Waals surface area (Å²) < 4.78 is 11.4. The van der Waals surface area contributed by atoms with Crippen molar-refractivity contribution in [2.45, 2.75) is 39.2 Å². The lowest BCUT2D eigenvalue weighted by Gasteiger charge is -2.36. The average Bonchev–Trinajstić information content (AvgIpc) is 3.24. The van der Waals surface area contributed by atoms with Crippen LogP contribution in [0.1, 0.15) is 64.1 Å². The maximum atomic E-state index is 13.0. The number of benzene rings is 3. The molecule has 7 heteroatoms. The Bertz CT molecular complexity index is 1370. The van der Waals surface area contributed by atoms with Crippen molar-refractivity contribution in [3.05, 3.63) is 88.5 Å². The minimum atomic E-state index is -0.643. The number of carbonyl (C=O) groups excluding carboxylic acids is 3. The first-order valence-corrected chi connectivity index (χ1v) is 13.3. The molecule has 0 bridgehead atoms. The van der Waals surface area contributed by atoms with Gasteiger partial charge in [-0.2, -0.15) is 0 Å². The SMILES string of the molecule is Cc1c(C(=O)OC(C)(C)C)cc(C=O)cc1N1CCN(C(=O)OCC2c3ccccc3-c3ccccc32)CC1. The van der Waals surface area contributed by atoms with E-state index in [0.29, 0.717) is 37.3 Å². The number of rotatable bonds is 5. The van der Waals surface area contributed by atoms with Gasteiger partial charge in [-0.1, -0.05) is 48.5 Å². The highest BCUT2D eigenvalue weighted by molar-refractivity contribution is 5.96. The standard InChI is InChI=1S/C32H34N2O5/c1-21-27(30(36)39-32(2,3)4)17-22(19-35)18-29(21)33-13-15-34(16-14-33)31(37)38-20-28-25-11-7-5-9-23(25)24-10-6-8-12-26(24)28/h5-12,17-19,28H,13-16,20H2,1-4H3. The number of carbonyl (C=O) groups is 3. The van der Waals surface area contributed by atoms with Gasteiger partial charge in [0.15, 0.2) is 0 Å². The maximum Gasteiger partial charge on any atom is 0.409 e. The van der Waals surface area contributed by atoms with Gasteiger partial charge in [0.25, 0.3) is 0 Å². The molecule has 1 amide bonds. The van der Waals surface area contributed by atoms with Gasteiger partial charge in [0.05, 0.1) is 5.56 Å². The molecule has 39 heavy (non-hydrogen) atoms. The Hall–Kier alpha value is -4.13. The van der Waals surface area contributed by atoms with Crippen LogP contribution in [0.5, 0.6) is 0 Å². The summed E-state index contributed by atoms with van der Waals surface area (Å²) in [4.78, 5) is 41.3. The normalized spacial score (nSPS) is 15.0. The number of ether oxygens (including phenoxy) is 2. The highest BCUT2D eigenvalue weighted by atomic mass is 16.6. The van der Waals surface area contributed by atoms with Gasteiger partial charge in [-0.3, -0.25) is 4.79 Å². The number of anilines is 1. The molecule has 0 spiro atoms. The highest BCUT2D eigenvalue weighted by Crippen LogP contribution is 2.44. The molecule has 1 fully saturated rings. The van der Waals surface area contributed by atoms with Crippen molar-refractivity contribution in [1.29, 1.82) is 0 Å². The van der Waals surface area contributed by atoms with Crippen LogP contribution in [0.25, 0.3) is 11.1 Å². The largest absolute Gasteiger partial charge is 0.456 e. The first-order valence-electron chi connectivity index (χ1n) is 13.3. The minimum absolute atomic E-state index is 0.0163. The van der Waals surface area contributed by atoms with Gasteiger partial charge < -0.3 is 19.3 Å². The first kappa shape index (κ1) is 26.5. The molecule has 1 heterocycles. The minimum Gasteiger partial charge on any atom is -0.456 e. The fraction of sp³-hybridized carbons (Fsp3) is 0.344. The van der Waals surface area contributed by atoms with Gasteiger partial charge in [0.1, 0.15) is 18.5 Å². The Morgan fingerprint density at radius 3 is 2.08 bits per heavy atom. The van der Waals surface area contributed by atoms with E-state index in [1.54, 1.807) is 17.0 Å².